The molecule has 0 saturated carbocycles. The van der Waals surface area contributed by atoms with E-state index in [2.05, 4.69) is 24.8 Å². The first-order chi connectivity index (χ1) is 7.25. The number of phenolic OH excluding ortho intramolecular Hbond substituents is 1. The van der Waals surface area contributed by atoms with Crippen molar-refractivity contribution in [2.45, 2.75) is 11.3 Å². The van der Waals surface area contributed by atoms with Crippen molar-refractivity contribution in [3.8, 4) is 5.75 Å². The van der Waals surface area contributed by atoms with Crippen LogP contribution in [0.15, 0.2) is 53.4 Å². The fourth-order valence-electron chi connectivity index (χ4n) is 1.53. The van der Waals surface area contributed by atoms with Gasteiger partial charge < -0.3 is 5.11 Å². The summed E-state index contributed by atoms with van der Waals surface area (Å²) in [4.78, 5) is 0.914. The van der Waals surface area contributed by atoms with E-state index in [1.165, 1.54) is 5.56 Å². The molecule has 0 fully saturated rings. The second-order valence-electron chi connectivity index (χ2n) is 3.48. The Labute approximate surface area is 123 Å². The van der Waals surface area contributed by atoms with Crippen molar-refractivity contribution >= 4 is 42.2 Å². The Bertz CT molecular complexity index is 457. The standard InChI is InChI=1S/C13H12OS.Na.H/c14-12-6-7-13(15)11(9-12)8-10-4-2-1-3-5-10;;/h1-7,9,14-15H,8H2;;. The molecule has 0 aliphatic carbocycles. The fraction of sp³-hybridized carbons (Fsp3) is 0.0769. The van der Waals surface area contributed by atoms with E-state index < -0.39 is 0 Å². The van der Waals surface area contributed by atoms with Gasteiger partial charge >= 0.3 is 29.6 Å². The quantitative estimate of drug-likeness (QED) is 0.611. The van der Waals surface area contributed by atoms with Crippen LogP contribution in [0.3, 0.4) is 0 Å². The molecule has 0 radical (unpaired) electrons. The Balaban J connectivity index is 0.00000128. The van der Waals surface area contributed by atoms with Crippen LogP contribution in [0.1, 0.15) is 11.1 Å². The molecule has 0 amide bonds. The molecular weight excluding hydrogens is 227 g/mol. The molecule has 0 unspecified atom stereocenters. The van der Waals surface area contributed by atoms with E-state index in [9.17, 15) is 5.11 Å². The summed E-state index contributed by atoms with van der Waals surface area (Å²) in [6, 6.07) is 15.4. The zero-order chi connectivity index (χ0) is 10.7. The van der Waals surface area contributed by atoms with E-state index in [0.717, 1.165) is 16.9 Å². The van der Waals surface area contributed by atoms with Gasteiger partial charge in [0, 0.05) is 4.90 Å². The van der Waals surface area contributed by atoms with E-state index in [4.69, 9.17) is 0 Å². The van der Waals surface area contributed by atoms with Gasteiger partial charge in [0.05, 0.1) is 0 Å². The molecule has 0 saturated heterocycles. The molecule has 0 atom stereocenters. The van der Waals surface area contributed by atoms with Crippen LogP contribution < -0.4 is 0 Å². The third kappa shape index (κ3) is 3.56. The van der Waals surface area contributed by atoms with E-state index in [0.29, 0.717) is 5.75 Å². The average molecular weight is 240 g/mol. The van der Waals surface area contributed by atoms with Crippen molar-refractivity contribution in [1.82, 2.24) is 0 Å². The van der Waals surface area contributed by atoms with Gasteiger partial charge in [0.25, 0.3) is 0 Å². The van der Waals surface area contributed by atoms with Crippen LogP contribution in [-0.4, -0.2) is 34.7 Å². The Morgan fingerprint density at radius 1 is 1.00 bits per heavy atom. The molecule has 1 N–H and O–H groups in total. The normalized spacial score (nSPS) is 9.56. The summed E-state index contributed by atoms with van der Waals surface area (Å²) in [5.41, 5.74) is 2.27. The third-order valence-electron chi connectivity index (χ3n) is 2.30. The van der Waals surface area contributed by atoms with Crippen LogP contribution in [0.5, 0.6) is 5.75 Å². The number of hydrogen-bond donors (Lipinski definition) is 2. The molecule has 2 aromatic rings. The zero-order valence-corrected chi connectivity index (χ0v) is 9.11. The maximum atomic E-state index is 9.38. The predicted molar refractivity (Wildman–Crippen MR) is 71.8 cm³/mol. The number of hydrogen-bond acceptors (Lipinski definition) is 2. The summed E-state index contributed by atoms with van der Waals surface area (Å²) < 4.78 is 0. The second kappa shape index (κ2) is 6.36. The summed E-state index contributed by atoms with van der Waals surface area (Å²) in [6.45, 7) is 0. The minimum atomic E-state index is 0. The van der Waals surface area contributed by atoms with E-state index in [-0.39, 0.29) is 29.6 Å². The number of phenols is 1. The van der Waals surface area contributed by atoms with Crippen LogP contribution >= 0.6 is 12.6 Å². The number of aromatic hydroxyl groups is 1. The third-order valence-corrected chi connectivity index (χ3v) is 2.74. The van der Waals surface area contributed by atoms with Gasteiger partial charge in [-0.1, -0.05) is 30.3 Å². The van der Waals surface area contributed by atoms with E-state index in [1.54, 1.807) is 12.1 Å². The van der Waals surface area contributed by atoms with Gasteiger partial charge in [0.1, 0.15) is 5.75 Å². The zero-order valence-electron chi connectivity index (χ0n) is 8.22. The number of rotatable bonds is 2. The molecular formula is C13H13NaOS. The van der Waals surface area contributed by atoms with Crippen molar-refractivity contribution < 1.29 is 5.11 Å². The summed E-state index contributed by atoms with van der Waals surface area (Å²) in [6.07, 6.45) is 0.800. The molecule has 2 aromatic carbocycles. The monoisotopic (exact) mass is 240 g/mol. The first-order valence-corrected chi connectivity index (χ1v) is 5.25. The summed E-state index contributed by atoms with van der Waals surface area (Å²) in [5.74, 6) is 0.290. The minimum absolute atomic E-state index is 0. The SMILES string of the molecule is Oc1ccc(S)c(Cc2ccccc2)c1.[NaH]. The van der Waals surface area contributed by atoms with Crippen LogP contribution in [0.4, 0.5) is 0 Å². The first kappa shape index (κ1) is 13.7. The second-order valence-corrected chi connectivity index (χ2v) is 3.96. The van der Waals surface area contributed by atoms with Gasteiger partial charge in [-0.3, -0.25) is 0 Å². The van der Waals surface area contributed by atoms with Gasteiger partial charge in [-0.15, -0.1) is 12.6 Å². The van der Waals surface area contributed by atoms with Crippen molar-refractivity contribution in [2.24, 2.45) is 0 Å². The molecule has 0 aromatic heterocycles. The fourth-order valence-corrected chi connectivity index (χ4v) is 1.75. The van der Waals surface area contributed by atoms with Crippen molar-refractivity contribution in [1.29, 1.82) is 0 Å². The van der Waals surface area contributed by atoms with Crippen LogP contribution in [-0.2, 0) is 6.42 Å². The summed E-state index contributed by atoms with van der Waals surface area (Å²) in [7, 11) is 0. The van der Waals surface area contributed by atoms with Crippen LogP contribution in [0.25, 0.3) is 0 Å². The van der Waals surface area contributed by atoms with Gasteiger partial charge in [0.2, 0.25) is 0 Å². The van der Waals surface area contributed by atoms with E-state index in [1.807, 2.05) is 24.3 Å². The number of thiol groups is 1. The molecule has 0 spiro atoms. The predicted octanol–water partition coefficient (Wildman–Crippen LogP) is 2.62. The summed E-state index contributed by atoms with van der Waals surface area (Å²) in [5, 5.41) is 9.38. The van der Waals surface area contributed by atoms with Gasteiger partial charge in [-0.2, -0.15) is 0 Å². The molecule has 0 bridgehead atoms. The Kier molecular flexibility index (Phi) is 5.42. The number of benzene rings is 2. The Morgan fingerprint density at radius 3 is 2.38 bits per heavy atom. The topological polar surface area (TPSA) is 20.2 Å². The molecule has 0 aliphatic heterocycles. The molecule has 3 heteroatoms. The summed E-state index contributed by atoms with van der Waals surface area (Å²) >= 11 is 4.36. The molecule has 78 valence electrons. The van der Waals surface area contributed by atoms with Gasteiger partial charge in [-0.05, 0) is 35.7 Å². The van der Waals surface area contributed by atoms with Crippen molar-refractivity contribution in [2.75, 3.05) is 0 Å². The average Bonchev–Trinajstić information content (AvgIpc) is 2.25. The first-order valence-electron chi connectivity index (χ1n) is 4.80. The van der Waals surface area contributed by atoms with Crippen LogP contribution in [0.2, 0.25) is 0 Å². The van der Waals surface area contributed by atoms with Crippen LogP contribution in [0, 0.1) is 0 Å². The van der Waals surface area contributed by atoms with Gasteiger partial charge in [-0.25, -0.2) is 0 Å². The van der Waals surface area contributed by atoms with Crippen molar-refractivity contribution in [3.05, 3.63) is 59.7 Å². The molecule has 1 nitrogen and oxygen atoms in total. The molecule has 0 heterocycles. The van der Waals surface area contributed by atoms with Gasteiger partial charge in [0.15, 0.2) is 0 Å². The Hall–Kier alpha value is -0.410. The van der Waals surface area contributed by atoms with E-state index >= 15 is 0 Å². The molecule has 2 rings (SSSR count). The molecule has 16 heavy (non-hydrogen) atoms. The maximum absolute atomic E-state index is 9.38. The van der Waals surface area contributed by atoms with Crippen molar-refractivity contribution in [3.63, 3.8) is 0 Å². The molecule has 0 aliphatic rings. The Morgan fingerprint density at radius 2 is 1.69 bits per heavy atom.